The molecule has 0 unspecified atom stereocenters. The average Bonchev–Trinajstić information content (AvgIpc) is 2.33. The zero-order chi connectivity index (χ0) is 15.0. The Morgan fingerprint density at radius 1 is 1.20 bits per heavy atom. The van der Waals surface area contributed by atoms with Gasteiger partial charge in [0.2, 0.25) is 0 Å². The van der Waals surface area contributed by atoms with Gasteiger partial charge in [-0.1, -0.05) is 15.9 Å². The van der Waals surface area contributed by atoms with Crippen molar-refractivity contribution in [1.82, 2.24) is 9.97 Å². The van der Waals surface area contributed by atoms with Crippen molar-refractivity contribution in [3.63, 3.8) is 0 Å². The molecule has 0 amide bonds. The molecule has 0 saturated carbocycles. The van der Waals surface area contributed by atoms with Crippen molar-refractivity contribution in [2.45, 2.75) is 20.8 Å². The van der Waals surface area contributed by atoms with E-state index >= 15 is 0 Å². The number of rotatable bonds is 2. The van der Waals surface area contributed by atoms with Crippen molar-refractivity contribution >= 4 is 27.7 Å². The van der Waals surface area contributed by atoms with E-state index in [9.17, 15) is 4.79 Å². The van der Waals surface area contributed by atoms with Gasteiger partial charge in [-0.3, -0.25) is 0 Å². The summed E-state index contributed by atoms with van der Waals surface area (Å²) in [4.78, 5) is 19.4. The molecule has 0 aliphatic carbocycles. The molecule has 1 aromatic heterocycles. The third kappa shape index (κ3) is 2.51. The quantitative estimate of drug-likeness (QED) is 0.880. The van der Waals surface area contributed by atoms with Gasteiger partial charge in [-0.05, 0) is 44.0 Å². The topological polar surface area (TPSA) is 89.1 Å². The molecule has 3 N–H and O–H groups in total. The number of hydrogen-bond donors (Lipinski definition) is 2. The number of anilines is 1. The molecule has 5 nitrogen and oxygen atoms in total. The molecule has 0 radical (unpaired) electrons. The van der Waals surface area contributed by atoms with Crippen LogP contribution in [0.5, 0.6) is 0 Å². The van der Waals surface area contributed by atoms with Crippen LogP contribution in [-0.2, 0) is 0 Å². The largest absolute Gasteiger partial charge is 0.477 e. The van der Waals surface area contributed by atoms with E-state index in [0.717, 1.165) is 21.2 Å². The maximum atomic E-state index is 11.1. The summed E-state index contributed by atoms with van der Waals surface area (Å²) in [5, 5.41) is 9.07. The van der Waals surface area contributed by atoms with Crippen LogP contribution in [0.15, 0.2) is 16.6 Å². The lowest BCUT2D eigenvalue weighted by Crippen LogP contribution is -2.10. The maximum Gasteiger partial charge on any atom is 0.341 e. The van der Waals surface area contributed by atoms with Gasteiger partial charge < -0.3 is 10.8 Å². The number of benzene rings is 1. The first-order valence-electron chi connectivity index (χ1n) is 5.95. The highest BCUT2D eigenvalue weighted by Gasteiger charge is 2.17. The molecular weight excluding hydrogens is 322 g/mol. The Morgan fingerprint density at radius 3 is 2.20 bits per heavy atom. The Balaban J connectivity index is 2.63. The van der Waals surface area contributed by atoms with Crippen LogP contribution in [0.4, 0.5) is 5.82 Å². The van der Waals surface area contributed by atoms with E-state index in [2.05, 4.69) is 25.9 Å². The molecule has 0 bridgehead atoms. The smallest absolute Gasteiger partial charge is 0.341 e. The molecule has 0 aliphatic rings. The first-order chi connectivity index (χ1) is 9.31. The molecule has 1 aromatic carbocycles. The van der Waals surface area contributed by atoms with E-state index in [0.29, 0.717) is 11.5 Å². The second-order valence-electron chi connectivity index (χ2n) is 4.62. The number of hydrogen-bond acceptors (Lipinski definition) is 4. The Kier molecular flexibility index (Phi) is 3.76. The number of aryl methyl sites for hydroxylation is 3. The summed E-state index contributed by atoms with van der Waals surface area (Å²) in [6, 6.07) is 3.87. The number of aromatic carboxylic acids is 1. The maximum absolute atomic E-state index is 11.1. The number of nitrogens with zero attached hydrogens (tertiary/aromatic N) is 2. The van der Waals surface area contributed by atoms with Gasteiger partial charge in [-0.25, -0.2) is 14.8 Å². The predicted octanol–water partition coefficient (Wildman–Crippen LogP) is 3.11. The summed E-state index contributed by atoms with van der Waals surface area (Å²) in [7, 11) is 0. The highest BCUT2D eigenvalue weighted by atomic mass is 79.9. The SMILES string of the molecule is Cc1cc(-c2nc(C)c(C(=O)O)c(N)n2)cc(C)c1Br. The predicted molar refractivity (Wildman–Crippen MR) is 80.8 cm³/mol. The number of aromatic nitrogens is 2. The molecule has 2 rings (SSSR count). The first-order valence-corrected chi connectivity index (χ1v) is 6.75. The van der Waals surface area contributed by atoms with Crippen LogP contribution in [0.2, 0.25) is 0 Å². The number of carbonyl (C=O) groups is 1. The zero-order valence-corrected chi connectivity index (χ0v) is 12.9. The third-order valence-electron chi connectivity index (χ3n) is 3.03. The molecule has 0 aliphatic heterocycles. The minimum absolute atomic E-state index is 0.0155. The van der Waals surface area contributed by atoms with Crippen LogP contribution < -0.4 is 5.73 Å². The van der Waals surface area contributed by atoms with Crippen LogP contribution in [0.3, 0.4) is 0 Å². The fraction of sp³-hybridized carbons (Fsp3) is 0.214. The number of halogens is 1. The van der Waals surface area contributed by atoms with Gasteiger partial charge in [0, 0.05) is 10.0 Å². The highest BCUT2D eigenvalue weighted by Crippen LogP contribution is 2.28. The van der Waals surface area contributed by atoms with E-state index in [4.69, 9.17) is 10.8 Å². The van der Waals surface area contributed by atoms with Gasteiger partial charge in [0.25, 0.3) is 0 Å². The van der Waals surface area contributed by atoms with Crippen molar-refractivity contribution in [1.29, 1.82) is 0 Å². The highest BCUT2D eigenvalue weighted by molar-refractivity contribution is 9.10. The van der Waals surface area contributed by atoms with Gasteiger partial charge in [-0.2, -0.15) is 0 Å². The Labute approximate surface area is 125 Å². The standard InChI is InChI=1S/C14H14BrN3O2/c1-6-4-9(5-7(2)11(6)15)13-17-8(3)10(14(19)20)12(16)18-13/h4-5H,1-3H3,(H,19,20)(H2,16,17,18). The normalized spacial score (nSPS) is 10.6. The molecule has 1 heterocycles. The van der Waals surface area contributed by atoms with Crippen LogP contribution >= 0.6 is 15.9 Å². The summed E-state index contributed by atoms with van der Waals surface area (Å²) >= 11 is 3.50. The molecule has 0 spiro atoms. The van der Waals surface area contributed by atoms with Gasteiger partial charge in [0.05, 0.1) is 5.69 Å². The minimum Gasteiger partial charge on any atom is -0.477 e. The summed E-state index contributed by atoms with van der Waals surface area (Å²) in [5.74, 6) is -0.698. The second-order valence-corrected chi connectivity index (χ2v) is 5.42. The van der Waals surface area contributed by atoms with Crippen LogP contribution in [-0.4, -0.2) is 21.0 Å². The lowest BCUT2D eigenvalue weighted by atomic mass is 10.1. The van der Waals surface area contributed by atoms with Crippen molar-refractivity contribution in [3.05, 3.63) is 39.0 Å². The lowest BCUT2D eigenvalue weighted by molar-refractivity contribution is 0.0696. The van der Waals surface area contributed by atoms with E-state index in [1.807, 2.05) is 26.0 Å². The van der Waals surface area contributed by atoms with E-state index < -0.39 is 5.97 Å². The molecule has 0 fully saturated rings. The molecule has 0 saturated heterocycles. The monoisotopic (exact) mass is 335 g/mol. The summed E-state index contributed by atoms with van der Waals surface area (Å²) in [6.45, 7) is 5.56. The fourth-order valence-electron chi connectivity index (χ4n) is 2.06. The zero-order valence-electron chi connectivity index (χ0n) is 11.4. The van der Waals surface area contributed by atoms with Crippen LogP contribution in [0, 0.1) is 20.8 Å². The summed E-state index contributed by atoms with van der Waals surface area (Å²) < 4.78 is 1.04. The molecule has 104 valence electrons. The Morgan fingerprint density at radius 2 is 1.75 bits per heavy atom. The Bertz CT molecular complexity index is 668. The van der Waals surface area contributed by atoms with Crippen molar-refractivity contribution in [3.8, 4) is 11.4 Å². The van der Waals surface area contributed by atoms with Crippen LogP contribution in [0.1, 0.15) is 27.2 Å². The average molecular weight is 336 g/mol. The van der Waals surface area contributed by atoms with Gasteiger partial charge in [0.1, 0.15) is 11.4 Å². The number of nitrogens with two attached hydrogens (primary N) is 1. The van der Waals surface area contributed by atoms with Crippen molar-refractivity contribution < 1.29 is 9.90 Å². The number of carboxylic acid groups (broad SMARTS) is 1. The van der Waals surface area contributed by atoms with E-state index in [-0.39, 0.29) is 11.4 Å². The Hall–Kier alpha value is -1.95. The third-order valence-corrected chi connectivity index (χ3v) is 4.28. The second kappa shape index (κ2) is 5.20. The molecule has 2 aromatic rings. The van der Waals surface area contributed by atoms with E-state index in [1.165, 1.54) is 0 Å². The fourth-order valence-corrected chi connectivity index (χ4v) is 2.29. The number of nitrogen functional groups attached to an aromatic ring is 1. The van der Waals surface area contributed by atoms with Gasteiger partial charge in [0.15, 0.2) is 5.82 Å². The lowest BCUT2D eigenvalue weighted by Gasteiger charge is -2.10. The van der Waals surface area contributed by atoms with E-state index in [1.54, 1.807) is 6.92 Å². The van der Waals surface area contributed by atoms with Crippen molar-refractivity contribution in [2.24, 2.45) is 0 Å². The molecule has 0 atom stereocenters. The molecule has 6 heteroatoms. The first kappa shape index (κ1) is 14.5. The van der Waals surface area contributed by atoms with Gasteiger partial charge in [-0.15, -0.1) is 0 Å². The summed E-state index contributed by atoms with van der Waals surface area (Å²) in [5.41, 5.74) is 8.97. The number of carboxylic acids is 1. The molecule has 20 heavy (non-hydrogen) atoms. The van der Waals surface area contributed by atoms with Crippen LogP contribution in [0.25, 0.3) is 11.4 Å². The minimum atomic E-state index is -1.12. The summed E-state index contributed by atoms with van der Waals surface area (Å²) in [6.07, 6.45) is 0. The van der Waals surface area contributed by atoms with Crippen molar-refractivity contribution in [2.75, 3.05) is 5.73 Å². The van der Waals surface area contributed by atoms with Gasteiger partial charge >= 0.3 is 5.97 Å². The molecular formula is C14H14BrN3O2.